The fourth-order valence-corrected chi connectivity index (χ4v) is 5.27. The van der Waals surface area contributed by atoms with Crippen LogP contribution >= 0.6 is 11.6 Å². The number of benzene rings is 1. The number of Topliss-reactive ketones (excluding diaryl/α,β-unsaturated/α-hetero) is 2. The minimum atomic E-state index is -1.40. The number of likely N-dealkylation sites (tertiary alicyclic amines) is 1. The van der Waals surface area contributed by atoms with Gasteiger partial charge in [-0.25, -0.2) is 24.1 Å². The summed E-state index contributed by atoms with van der Waals surface area (Å²) >= 11 is 6.01. The summed E-state index contributed by atoms with van der Waals surface area (Å²) in [6, 6.07) is 6.98. The molecule has 1 aliphatic heterocycles. The Morgan fingerprint density at radius 1 is 1.10 bits per heavy atom. The molecule has 1 saturated heterocycles. The number of pyridine rings is 1. The maximum absolute atomic E-state index is 14.6. The summed E-state index contributed by atoms with van der Waals surface area (Å²) in [6.45, 7) is 2.59. The van der Waals surface area contributed by atoms with E-state index in [0.29, 0.717) is 16.7 Å². The normalized spacial score (nSPS) is 16.5. The molecular formula is C29H26ClFN6O5. The summed E-state index contributed by atoms with van der Waals surface area (Å²) in [5.74, 6) is -1.29. The monoisotopic (exact) mass is 592 g/mol. The third-order valence-electron chi connectivity index (χ3n) is 7.05. The van der Waals surface area contributed by atoms with E-state index in [1.165, 1.54) is 35.7 Å². The molecule has 5 rings (SSSR count). The third-order valence-corrected chi connectivity index (χ3v) is 7.24. The molecule has 1 aliphatic rings. The van der Waals surface area contributed by atoms with Crippen LogP contribution in [0.3, 0.4) is 0 Å². The van der Waals surface area contributed by atoms with Gasteiger partial charge in [-0.3, -0.25) is 19.1 Å². The minimum absolute atomic E-state index is 0.00619. The van der Waals surface area contributed by atoms with E-state index in [0.717, 1.165) is 11.1 Å². The molecule has 0 N–H and O–H groups in total. The van der Waals surface area contributed by atoms with E-state index in [2.05, 4.69) is 20.1 Å². The van der Waals surface area contributed by atoms with Crippen molar-refractivity contribution in [2.24, 2.45) is 0 Å². The second kappa shape index (κ2) is 11.7. The van der Waals surface area contributed by atoms with Crippen molar-refractivity contribution in [3.63, 3.8) is 0 Å². The van der Waals surface area contributed by atoms with Crippen molar-refractivity contribution in [1.29, 1.82) is 0 Å². The molecule has 42 heavy (non-hydrogen) atoms. The van der Waals surface area contributed by atoms with Gasteiger partial charge in [0.15, 0.2) is 11.6 Å². The summed E-state index contributed by atoms with van der Waals surface area (Å²) in [7, 11) is 1.21. The van der Waals surface area contributed by atoms with Gasteiger partial charge < -0.3 is 9.64 Å². The van der Waals surface area contributed by atoms with Gasteiger partial charge in [0, 0.05) is 36.7 Å². The highest BCUT2D eigenvalue weighted by Crippen LogP contribution is 2.28. The molecule has 11 nitrogen and oxygen atoms in total. The van der Waals surface area contributed by atoms with Crippen molar-refractivity contribution >= 4 is 45.9 Å². The van der Waals surface area contributed by atoms with Gasteiger partial charge >= 0.3 is 5.97 Å². The maximum Gasteiger partial charge on any atom is 0.338 e. The van der Waals surface area contributed by atoms with E-state index in [1.54, 1.807) is 31.5 Å². The van der Waals surface area contributed by atoms with Gasteiger partial charge in [0.25, 0.3) is 0 Å². The number of nitrogens with zero attached hydrogens (tertiary/aromatic N) is 6. The van der Waals surface area contributed by atoms with Crippen LogP contribution in [0, 0.1) is 6.92 Å². The second-order valence-electron chi connectivity index (χ2n) is 10.0. The van der Waals surface area contributed by atoms with Gasteiger partial charge in [0.2, 0.25) is 5.91 Å². The predicted octanol–water partition coefficient (Wildman–Crippen LogP) is 3.59. The molecular weight excluding hydrogens is 567 g/mol. The fraction of sp³-hybridized carbons (Fsp3) is 0.310. The van der Waals surface area contributed by atoms with Crippen LogP contribution in [0.1, 0.15) is 45.7 Å². The van der Waals surface area contributed by atoms with Crippen molar-refractivity contribution in [2.45, 2.75) is 45.4 Å². The third kappa shape index (κ3) is 5.89. The van der Waals surface area contributed by atoms with E-state index < -0.39 is 29.9 Å². The number of fused-ring (bicyclic) bond motifs is 1. The second-order valence-corrected chi connectivity index (χ2v) is 10.4. The number of hydrogen-bond acceptors (Lipinski definition) is 9. The number of methoxy groups -OCH3 is 1. The van der Waals surface area contributed by atoms with E-state index in [4.69, 9.17) is 16.3 Å². The van der Waals surface area contributed by atoms with Gasteiger partial charge in [0.1, 0.15) is 29.4 Å². The van der Waals surface area contributed by atoms with Crippen LogP contribution in [0.25, 0.3) is 22.0 Å². The molecule has 1 fully saturated rings. The average Bonchev–Trinajstić information content (AvgIpc) is 3.53. The molecule has 0 radical (unpaired) electrons. The summed E-state index contributed by atoms with van der Waals surface area (Å²) in [4.78, 5) is 64.8. The van der Waals surface area contributed by atoms with Gasteiger partial charge in [-0.05, 0) is 36.8 Å². The number of carbonyl (C=O) groups is 4. The van der Waals surface area contributed by atoms with Crippen molar-refractivity contribution in [1.82, 2.24) is 29.6 Å². The smallest absolute Gasteiger partial charge is 0.338 e. The molecule has 13 heteroatoms. The van der Waals surface area contributed by atoms with Crippen LogP contribution in [0.4, 0.5) is 4.39 Å². The number of alkyl halides is 1. The average molecular weight is 593 g/mol. The Kier molecular flexibility index (Phi) is 8.08. The molecule has 2 atom stereocenters. The van der Waals surface area contributed by atoms with Gasteiger partial charge in [-0.2, -0.15) is 5.10 Å². The first-order chi connectivity index (χ1) is 20.0. The van der Waals surface area contributed by atoms with Crippen LogP contribution in [0.5, 0.6) is 0 Å². The number of halogens is 2. The van der Waals surface area contributed by atoms with Crippen LogP contribution in [0.2, 0.25) is 5.15 Å². The maximum atomic E-state index is 14.6. The van der Waals surface area contributed by atoms with Crippen molar-refractivity contribution < 1.29 is 28.3 Å². The zero-order valence-corrected chi connectivity index (χ0v) is 23.8. The van der Waals surface area contributed by atoms with Crippen LogP contribution in [-0.2, 0) is 27.3 Å². The molecule has 3 aromatic heterocycles. The Bertz CT molecular complexity index is 1720. The largest absolute Gasteiger partial charge is 0.465 e. The topological polar surface area (TPSA) is 137 Å². The molecule has 216 valence electrons. The first-order valence-corrected chi connectivity index (χ1v) is 13.4. The lowest BCUT2D eigenvalue weighted by atomic mass is 10.0. The standard InChI is InChI=1S/C29H26ClFN6O5/c1-15(38)28-22-7-17(19-11-32-16(2)33-12-19)4-5-23(22)37(35-28)14-27(40)36-13-20(31)9-24(36)25(39)10-21-6-18(29(41)42-3)8-26(30)34-21/h4-8,11-12,20,24H,9-10,13-14H2,1-3H3/t20-,24+/m1/s1. The minimum Gasteiger partial charge on any atom is -0.465 e. The zero-order valence-electron chi connectivity index (χ0n) is 23.0. The number of ether oxygens (including phenoxy) is 1. The Morgan fingerprint density at radius 2 is 1.83 bits per heavy atom. The molecule has 4 heterocycles. The first kappa shape index (κ1) is 28.9. The quantitative estimate of drug-likeness (QED) is 0.171. The number of aryl methyl sites for hydroxylation is 1. The number of ketones is 2. The first-order valence-electron chi connectivity index (χ1n) is 13.1. The molecule has 0 saturated carbocycles. The number of amides is 1. The highest BCUT2D eigenvalue weighted by Gasteiger charge is 2.40. The highest BCUT2D eigenvalue weighted by molar-refractivity contribution is 6.29. The van der Waals surface area contributed by atoms with Crippen LogP contribution in [-0.4, -0.2) is 78.9 Å². The van der Waals surface area contributed by atoms with E-state index in [-0.39, 0.29) is 53.8 Å². The zero-order chi connectivity index (χ0) is 30.1. The lowest BCUT2D eigenvalue weighted by Gasteiger charge is -2.23. The number of rotatable bonds is 8. The molecule has 0 bridgehead atoms. The lowest BCUT2D eigenvalue weighted by molar-refractivity contribution is -0.138. The Hall–Kier alpha value is -4.58. The number of aromatic nitrogens is 5. The fourth-order valence-electron chi connectivity index (χ4n) is 5.04. The van der Waals surface area contributed by atoms with E-state index in [9.17, 15) is 23.6 Å². The van der Waals surface area contributed by atoms with Crippen LogP contribution < -0.4 is 0 Å². The summed E-state index contributed by atoms with van der Waals surface area (Å²) in [5, 5.41) is 4.93. The number of esters is 1. The van der Waals surface area contributed by atoms with Gasteiger partial charge in [-0.15, -0.1) is 0 Å². The van der Waals surface area contributed by atoms with Crippen molar-refractivity contribution in [2.75, 3.05) is 13.7 Å². The molecule has 0 aliphatic carbocycles. The number of hydrogen-bond donors (Lipinski definition) is 0. The molecule has 4 aromatic rings. The molecule has 0 unspecified atom stereocenters. The van der Waals surface area contributed by atoms with Crippen LogP contribution in [0.15, 0.2) is 42.7 Å². The summed E-state index contributed by atoms with van der Waals surface area (Å²) in [6.07, 6.45) is 1.52. The highest BCUT2D eigenvalue weighted by atomic mass is 35.5. The Balaban J connectivity index is 1.39. The summed E-state index contributed by atoms with van der Waals surface area (Å²) in [5.41, 5.74) is 2.54. The molecule has 1 aromatic carbocycles. The van der Waals surface area contributed by atoms with Crippen molar-refractivity contribution in [3.05, 3.63) is 70.7 Å². The van der Waals surface area contributed by atoms with Gasteiger partial charge in [-0.1, -0.05) is 17.7 Å². The predicted molar refractivity (Wildman–Crippen MR) is 150 cm³/mol. The van der Waals surface area contributed by atoms with E-state index in [1.807, 2.05) is 6.07 Å². The van der Waals surface area contributed by atoms with Gasteiger partial charge in [0.05, 0.1) is 42.9 Å². The Labute approximate surface area is 244 Å². The van der Waals surface area contributed by atoms with E-state index >= 15 is 0 Å². The van der Waals surface area contributed by atoms with Crippen molar-refractivity contribution in [3.8, 4) is 11.1 Å². The summed E-state index contributed by atoms with van der Waals surface area (Å²) < 4.78 is 20.7. The molecule has 0 spiro atoms. The SMILES string of the molecule is COC(=O)c1cc(Cl)nc(CC(=O)[C@@H]2C[C@@H](F)CN2C(=O)Cn2nc(C(C)=O)c3cc(-c4cnc(C)nc4)ccc32)c1. The Morgan fingerprint density at radius 3 is 2.52 bits per heavy atom. The lowest BCUT2D eigenvalue weighted by Crippen LogP contribution is -2.43. The molecule has 1 amide bonds. The number of carbonyl (C=O) groups excluding carboxylic acids is 4.